The fourth-order valence-corrected chi connectivity index (χ4v) is 2.00. The topological polar surface area (TPSA) is 26.3 Å². The fourth-order valence-electron chi connectivity index (χ4n) is 1.87. The summed E-state index contributed by atoms with van der Waals surface area (Å²) in [6.45, 7) is 0. The van der Waals surface area contributed by atoms with Gasteiger partial charge in [-0.3, -0.25) is 0 Å². The summed E-state index contributed by atoms with van der Waals surface area (Å²) < 4.78 is 5.65. The molecular formula is C12H13ClO2. The molecule has 0 aromatic heterocycles. The highest BCUT2D eigenvalue weighted by Crippen LogP contribution is 2.30. The van der Waals surface area contributed by atoms with E-state index < -0.39 is 0 Å². The Morgan fingerprint density at radius 1 is 1.27 bits per heavy atom. The van der Waals surface area contributed by atoms with E-state index in [0.29, 0.717) is 0 Å². The van der Waals surface area contributed by atoms with Crippen molar-refractivity contribution in [1.82, 2.24) is 0 Å². The molecule has 15 heavy (non-hydrogen) atoms. The van der Waals surface area contributed by atoms with Gasteiger partial charge in [-0.15, -0.1) is 0 Å². The Hall–Kier alpha value is -0.860. The minimum Gasteiger partial charge on any atom is -0.363 e. The molecule has 1 aromatic rings. The predicted octanol–water partition coefficient (Wildman–Crippen LogP) is 3.15. The van der Waals surface area contributed by atoms with Crippen molar-refractivity contribution < 1.29 is 9.53 Å². The number of benzene rings is 1. The van der Waals surface area contributed by atoms with E-state index >= 15 is 0 Å². The highest BCUT2D eigenvalue weighted by Gasteiger charge is 2.22. The maximum atomic E-state index is 10.6. The monoisotopic (exact) mass is 224 g/mol. The van der Waals surface area contributed by atoms with Crippen LogP contribution in [0.5, 0.6) is 0 Å². The van der Waals surface area contributed by atoms with Crippen LogP contribution in [-0.2, 0) is 9.53 Å². The molecule has 0 amide bonds. The Morgan fingerprint density at radius 2 is 2.00 bits per heavy atom. The van der Waals surface area contributed by atoms with Crippen molar-refractivity contribution in [3.63, 3.8) is 0 Å². The quantitative estimate of drug-likeness (QED) is 0.722. The molecule has 2 nitrogen and oxygen atoms in total. The number of carbonyl (C=O) groups excluding carboxylic acids is 1. The molecule has 0 saturated carbocycles. The number of carbonyl (C=O) groups is 1. The van der Waals surface area contributed by atoms with Crippen molar-refractivity contribution in [3.8, 4) is 0 Å². The highest BCUT2D eigenvalue weighted by molar-refractivity contribution is 6.30. The van der Waals surface area contributed by atoms with Gasteiger partial charge in [-0.05, 0) is 37.0 Å². The van der Waals surface area contributed by atoms with Crippen LogP contribution in [0.1, 0.15) is 30.9 Å². The van der Waals surface area contributed by atoms with Crippen molar-refractivity contribution in [1.29, 1.82) is 0 Å². The average Bonchev–Trinajstić information content (AvgIpc) is 2.30. The molecule has 1 fully saturated rings. The van der Waals surface area contributed by atoms with E-state index in [0.717, 1.165) is 36.1 Å². The standard InChI is InChI=1S/C12H13ClO2/c13-10-6-4-9(5-7-10)12-3-1-2-11(8-14)15-12/h4-8,11-12H,1-3H2. The van der Waals surface area contributed by atoms with Gasteiger partial charge >= 0.3 is 0 Å². The molecule has 0 radical (unpaired) electrons. The number of ether oxygens (including phenoxy) is 1. The number of aldehydes is 1. The molecule has 1 heterocycles. The van der Waals surface area contributed by atoms with E-state index in [-0.39, 0.29) is 12.2 Å². The molecule has 0 bridgehead atoms. The van der Waals surface area contributed by atoms with Crippen LogP contribution in [0.15, 0.2) is 24.3 Å². The molecule has 1 aromatic carbocycles. The minimum atomic E-state index is -0.237. The van der Waals surface area contributed by atoms with Gasteiger partial charge in [-0.25, -0.2) is 0 Å². The van der Waals surface area contributed by atoms with Crippen molar-refractivity contribution >= 4 is 17.9 Å². The first-order valence-corrected chi connectivity index (χ1v) is 5.53. The van der Waals surface area contributed by atoms with Gasteiger partial charge < -0.3 is 9.53 Å². The zero-order valence-corrected chi connectivity index (χ0v) is 9.11. The maximum Gasteiger partial charge on any atom is 0.148 e. The SMILES string of the molecule is O=CC1CCCC(c2ccc(Cl)cc2)O1. The van der Waals surface area contributed by atoms with Crippen molar-refractivity contribution in [2.45, 2.75) is 31.5 Å². The molecule has 0 N–H and O–H groups in total. The van der Waals surface area contributed by atoms with Gasteiger partial charge in [0, 0.05) is 5.02 Å². The van der Waals surface area contributed by atoms with Gasteiger partial charge in [0.15, 0.2) is 0 Å². The number of halogens is 1. The molecule has 80 valence electrons. The number of hydrogen-bond acceptors (Lipinski definition) is 2. The molecule has 0 aliphatic carbocycles. The lowest BCUT2D eigenvalue weighted by Gasteiger charge is -2.27. The van der Waals surface area contributed by atoms with Crippen molar-refractivity contribution in [3.05, 3.63) is 34.9 Å². The summed E-state index contributed by atoms with van der Waals surface area (Å²) in [5, 5.41) is 0.724. The third kappa shape index (κ3) is 2.58. The Labute approximate surface area is 94.2 Å². The minimum absolute atomic E-state index is 0.0474. The molecule has 1 aliphatic rings. The third-order valence-corrected chi connectivity index (χ3v) is 2.94. The second kappa shape index (κ2) is 4.77. The lowest BCUT2D eigenvalue weighted by molar-refractivity contribution is -0.127. The highest BCUT2D eigenvalue weighted by atomic mass is 35.5. The first-order chi connectivity index (χ1) is 7.29. The Morgan fingerprint density at radius 3 is 2.67 bits per heavy atom. The van der Waals surface area contributed by atoms with E-state index in [9.17, 15) is 4.79 Å². The van der Waals surface area contributed by atoms with Crippen molar-refractivity contribution in [2.75, 3.05) is 0 Å². The fraction of sp³-hybridized carbons (Fsp3) is 0.417. The van der Waals surface area contributed by atoms with Gasteiger partial charge in [0.25, 0.3) is 0 Å². The summed E-state index contributed by atoms with van der Waals surface area (Å²) >= 11 is 5.81. The normalized spacial score (nSPS) is 26.2. The van der Waals surface area contributed by atoms with Gasteiger partial charge in [0.1, 0.15) is 12.4 Å². The molecule has 2 atom stereocenters. The van der Waals surface area contributed by atoms with Crippen LogP contribution in [-0.4, -0.2) is 12.4 Å². The van der Waals surface area contributed by atoms with E-state index in [1.54, 1.807) is 0 Å². The summed E-state index contributed by atoms with van der Waals surface area (Å²) in [5.41, 5.74) is 1.10. The second-order valence-electron chi connectivity index (χ2n) is 3.78. The first-order valence-electron chi connectivity index (χ1n) is 5.16. The zero-order chi connectivity index (χ0) is 10.7. The van der Waals surface area contributed by atoms with Crippen molar-refractivity contribution in [2.24, 2.45) is 0 Å². The van der Waals surface area contributed by atoms with Crippen LogP contribution in [0.2, 0.25) is 5.02 Å². The van der Waals surface area contributed by atoms with E-state index in [1.807, 2.05) is 24.3 Å². The zero-order valence-electron chi connectivity index (χ0n) is 8.36. The largest absolute Gasteiger partial charge is 0.363 e. The van der Waals surface area contributed by atoms with E-state index in [2.05, 4.69) is 0 Å². The third-order valence-electron chi connectivity index (χ3n) is 2.69. The summed E-state index contributed by atoms with van der Waals surface area (Å²) in [5.74, 6) is 0. The predicted molar refractivity (Wildman–Crippen MR) is 59.0 cm³/mol. The van der Waals surface area contributed by atoms with E-state index in [4.69, 9.17) is 16.3 Å². The summed E-state index contributed by atoms with van der Waals surface area (Å²) in [6, 6.07) is 7.62. The van der Waals surface area contributed by atoms with Gasteiger partial charge in [0.2, 0.25) is 0 Å². The molecule has 2 unspecified atom stereocenters. The van der Waals surface area contributed by atoms with Crippen LogP contribution >= 0.6 is 11.6 Å². The van der Waals surface area contributed by atoms with Crippen LogP contribution in [0.3, 0.4) is 0 Å². The second-order valence-corrected chi connectivity index (χ2v) is 4.22. The molecule has 0 spiro atoms. The van der Waals surface area contributed by atoms with Gasteiger partial charge in [-0.2, -0.15) is 0 Å². The summed E-state index contributed by atoms with van der Waals surface area (Å²) in [6.07, 6.45) is 3.56. The Balaban J connectivity index is 2.09. The maximum absolute atomic E-state index is 10.6. The average molecular weight is 225 g/mol. The van der Waals surface area contributed by atoms with Gasteiger partial charge in [0.05, 0.1) is 6.10 Å². The Kier molecular flexibility index (Phi) is 3.39. The van der Waals surface area contributed by atoms with Gasteiger partial charge in [-0.1, -0.05) is 23.7 Å². The lowest BCUT2D eigenvalue weighted by atomic mass is 9.99. The van der Waals surface area contributed by atoms with E-state index in [1.165, 1.54) is 0 Å². The number of rotatable bonds is 2. The molecule has 2 rings (SSSR count). The first kappa shape index (κ1) is 10.7. The lowest BCUT2D eigenvalue weighted by Crippen LogP contribution is -2.23. The van der Waals surface area contributed by atoms with Crippen LogP contribution < -0.4 is 0 Å². The van der Waals surface area contributed by atoms with Crippen LogP contribution in [0.4, 0.5) is 0 Å². The molecule has 1 aliphatic heterocycles. The summed E-state index contributed by atoms with van der Waals surface area (Å²) in [7, 11) is 0. The molecule has 1 saturated heterocycles. The van der Waals surface area contributed by atoms with Crippen LogP contribution in [0.25, 0.3) is 0 Å². The smallest absolute Gasteiger partial charge is 0.148 e. The molecular weight excluding hydrogens is 212 g/mol. The summed E-state index contributed by atoms with van der Waals surface area (Å²) in [4.78, 5) is 10.6. The number of hydrogen-bond donors (Lipinski definition) is 0. The van der Waals surface area contributed by atoms with Crippen LogP contribution in [0, 0.1) is 0 Å². The Bertz CT molecular complexity index is 334. The molecule has 3 heteroatoms.